The minimum Gasteiger partial charge on any atom is -0.350 e. The van der Waals surface area contributed by atoms with Crippen molar-refractivity contribution in [3.05, 3.63) is 83.0 Å². The van der Waals surface area contributed by atoms with E-state index >= 15 is 0 Å². The smallest absolute Gasteiger partial charge is 0.286 e. The summed E-state index contributed by atoms with van der Waals surface area (Å²) in [7, 11) is 0. The fourth-order valence-corrected chi connectivity index (χ4v) is 3.57. The van der Waals surface area contributed by atoms with Gasteiger partial charge in [0.2, 0.25) is 5.95 Å². The number of benzene rings is 1. The monoisotopic (exact) mass is 456 g/mol. The molecular weight excluding hydrogens is 438 g/mol. The van der Waals surface area contributed by atoms with Gasteiger partial charge in [0.15, 0.2) is 0 Å². The van der Waals surface area contributed by atoms with E-state index < -0.39 is 17.9 Å². The second-order valence-corrected chi connectivity index (χ2v) is 7.68. The van der Waals surface area contributed by atoms with Crippen molar-refractivity contribution in [2.24, 2.45) is 5.73 Å². The molecule has 7 nitrogen and oxygen atoms in total. The van der Waals surface area contributed by atoms with Gasteiger partial charge in [0.05, 0.1) is 16.1 Å². The molecule has 0 aliphatic rings. The first-order chi connectivity index (χ1) is 15.3. The summed E-state index contributed by atoms with van der Waals surface area (Å²) >= 11 is 6.39. The highest BCUT2D eigenvalue weighted by Gasteiger charge is 2.26. The van der Waals surface area contributed by atoms with E-state index in [1.54, 1.807) is 41.4 Å². The zero-order valence-corrected chi connectivity index (χ0v) is 17.7. The summed E-state index contributed by atoms with van der Waals surface area (Å²) in [5.41, 5.74) is 7.32. The van der Waals surface area contributed by atoms with Crippen LogP contribution in [-0.4, -0.2) is 32.0 Å². The van der Waals surface area contributed by atoms with Crippen LogP contribution in [-0.2, 0) is 5.92 Å². The zero-order chi connectivity index (χ0) is 22.9. The van der Waals surface area contributed by atoms with Crippen molar-refractivity contribution in [3.8, 4) is 5.95 Å². The van der Waals surface area contributed by atoms with Gasteiger partial charge in [0.1, 0.15) is 5.69 Å². The Bertz CT molecular complexity index is 1260. The number of rotatable bonds is 6. The van der Waals surface area contributed by atoms with Crippen LogP contribution < -0.4 is 11.1 Å². The van der Waals surface area contributed by atoms with Crippen molar-refractivity contribution in [2.75, 3.05) is 6.54 Å². The lowest BCUT2D eigenvalue weighted by atomic mass is 10.1. The summed E-state index contributed by atoms with van der Waals surface area (Å²) in [6, 6.07) is 9.05. The molecule has 0 spiro atoms. The van der Waals surface area contributed by atoms with E-state index in [2.05, 4.69) is 20.3 Å². The lowest BCUT2D eigenvalue weighted by molar-refractivity contribution is 0.0127. The summed E-state index contributed by atoms with van der Waals surface area (Å²) in [6.07, 6.45) is 6.11. The molecule has 0 bridgehead atoms. The zero-order valence-electron chi connectivity index (χ0n) is 17.0. The van der Waals surface area contributed by atoms with Crippen molar-refractivity contribution in [3.63, 3.8) is 0 Å². The number of nitrogens with two attached hydrogens (primary N) is 1. The Hall–Kier alpha value is -3.43. The van der Waals surface area contributed by atoms with Gasteiger partial charge in [0.25, 0.3) is 11.8 Å². The van der Waals surface area contributed by atoms with Gasteiger partial charge in [-0.15, -0.1) is 0 Å². The molecule has 3 N–H and O–H groups in total. The lowest BCUT2D eigenvalue weighted by Crippen LogP contribution is -2.32. The molecule has 4 aromatic rings. The lowest BCUT2D eigenvalue weighted by Gasteiger charge is -2.15. The first-order valence-corrected chi connectivity index (χ1v) is 10.1. The number of halogens is 3. The molecule has 164 valence electrons. The maximum absolute atomic E-state index is 13.3. The highest BCUT2D eigenvalue weighted by Crippen LogP contribution is 2.30. The fraction of sp³-hybridized carbons (Fsp3) is 0.182. The molecule has 10 heteroatoms. The SMILES string of the molecule is CC(F)(F)c1ccc(C(N)CNC(=O)c2cn(-c3ncccn3)c3cccc(Cl)c23)cn1. The minimum atomic E-state index is -3.03. The average Bonchev–Trinajstić information content (AvgIpc) is 3.18. The molecule has 4 rings (SSSR count). The van der Waals surface area contributed by atoms with Crippen LogP contribution in [0.5, 0.6) is 0 Å². The van der Waals surface area contributed by atoms with Gasteiger partial charge in [0, 0.05) is 49.7 Å². The van der Waals surface area contributed by atoms with Gasteiger partial charge < -0.3 is 11.1 Å². The van der Waals surface area contributed by atoms with Crippen molar-refractivity contribution in [1.29, 1.82) is 0 Å². The van der Waals surface area contributed by atoms with Crippen LogP contribution in [0.4, 0.5) is 8.78 Å². The molecule has 0 saturated carbocycles. The first kappa shape index (κ1) is 21.8. The second kappa shape index (κ2) is 8.60. The normalized spacial score (nSPS) is 12.7. The molecule has 1 unspecified atom stereocenters. The first-order valence-electron chi connectivity index (χ1n) is 9.70. The topological polar surface area (TPSA) is 98.7 Å². The van der Waals surface area contributed by atoms with E-state index in [-0.39, 0.29) is 12.2 Å². The van der Waals surface area contributed by atoms with E-state index in [4.69, 9.17) is 17.3 Å². The predicted octanol–water partition coefficient (Wildman–Crippen LogP) is 4.01. The molecule has 0 aliphatic carbocycles. The number of carbonyl (C=O) groups is 1. The number of fused-ring (bicyclic) bond motifs is 1. The molecule has 1 aromatic carbocycles. The third kappa shape index (κ3) is 4.30. The van der Waals surface area contributed by atoms with Crippen LogP contribution in [0.3, 0.4) is 0 Å². The standard InChI is InChI=1S/C22H19ClF2N6O/c1-22(24,25)18-7-6-13(10-29-18)16(26)11-30-20(32)14-12-31(21-27-8-3-9-28-21)17-5-2-4-15(23)19(14)17/h2-10,12,16H,11,26H2,1H3,(H,30,32). The van der Waals surface area contributed by atoms with E-state index in [1.807, 2.05) is 6.07 Å². The highest BCUT2D eigenvalue weighted by atomic mass is 35.5. The Kier molecular flexibility index (Phi) is 5.86. The maximum atomic E-state index is 13.3. The number of nitrogens with one attached hydrogen (secondary N) is 1. The molecule has 0 fully saturated rings. The summed E-state index contributed by atoms with van der Waals surface area (Å²) < 4.78 is 28.4. The number of pyridine rings is 1. The highest BCUT2D eigenvalue weighted by molar-refractivity contribution is 6.37. The largest absolute Gasteiger partial charge is 0.350 e. The van der Waals surface area contributed by atoms with Crippen LogP contribution >= 0.6 is 11.6 Å². The molecule has 0 radical (unpaired) electrons. The van der Waals surface area contributed by atoms with E-state index in [9.17, 15) is 13.6 Å². The van der Waals surface area contributed by atoms with Gasteiger partial charge >= 0.3 is 0 Å². The van der Waals surface area contributed by atoms with Gasteiger partial charge in [-0.2, -0.15) is 8.78 Å². The van der Waals surface area contributed by atoms with Crippen LogP contribution in [0.2, 0.25) is 5.02 Å². The molecule has 3 aromatic heterocycles. The van der Waals surface area contributed by atoms with Crippen molar-refractivity contribution in [1.82, 2.24) is 24.8 Å². The molecule has 1 atom stereocenters. The quantitative estimate of drug-likeness (QED) is 0.456. The summed E-state index contributed by atoms with van der Waals surface area (Å²) in [5.74, 6) is -3.03. The summed E-state index contributed by atoms with van der Waals surface area (Å²) in [6.45, 7) is 0.846. The number of amides is 1. The molecular formula is C22H19ClF2N6O. The number of aromatic nitrogens is 4. The number of carbonyl (C=O) groups excluding carboxylic acids is 1. The maximum Gasteiger partial charge on any atom is 0.286 e. The molecule has 3 heterocycles. The van der Waals surface area contributed by atoms with E-state index in [1.165, 1.54) is 18.3 Å². The number of hydrogen-bond donors (Lipinski definition) is 2. The molecule has 0 aliphatic heterocycles. The fourth-order valence-electron chi connectivity index (χ4n) is 3.30. The molecule has 32 heavy (non-hydrogen) atoms. The van der Waals surface area contributed by atoms with Gasteiger partial charge in [-0.05, 0) is 29.8 Å². The second-order valence-electron chi connectivity index (χ2n) is 7.28. The van der Waals surface area contributed by atoms with Crippen molar-refractivity contribution < 1.29 is 13.6 Å². The Labute approximate surface area is 187 Å². The third-order valence-electron chi connectivity index (χ3n) is 4.94. The third-order valence-corrected chi connectivity index (χ3v) is 5.25. The minimum absolute atomic E-state index is 0.0708. The van der Waals surface area contributed by atoms with Crippen LogP contribution in [0.15, 0.2) is 61.2 Å². The van der Waals surface area contributed by atoms with Gasteiger partial charge in [-0.3, -0.25) is 14.3 Å². The van der Waals surface area contributed by atoms with Gasteiger partial charge in [-0.25, -0.2) is 9.97 Å². The van der Waals surface area contributed by atoms with Crippen molar-refractivity contribution in [2.45, 2.75) is 18.9 Å². The Balaban J connectivity index is 1.57. The number of alkyl halides is 2. The predicted molar refractivity (Wildman–Crippen MR) is 117 cm³/mol. The van der Waals surface area contributed by atoms with Crippen molar-refractivity contribution >= 4 is 28.4 Å². The molecule has 0 saturated heterocycles. The Morgan fingerprint density at radius 1 is 1.19 bits per heavy atom. The summed E-state index contributed by atoms with van der Waals surface area (Å²) in [4.78, 5) is 25.2. The van der Waals surface area contributed by atoms with Crippen LogP contribution in [0.1, 0.15) is 34.6 Å². The Morgan fingerprint density at radius 3 is 2.59 bits per heavy atom. The van der Waals surface area contributed by atoms with E-state index in [0.717, 1.165) is 6.92 Å². The summed E-state index contributed by atoms with van der Waals surface area (Å²) in [5, 5.41) is 3.74. The molecule has 1 amide bonds. The Morgan fingerprint density at radius 2 is 1.94 bits per heavy atom. The van der Waals surface area contributed by atoms with E-state index in [0.29, 0.717) is 33.0 Å². The number of hydrogen-bond acceptors (Lipinski definition) is 5. The van der Waals surface area contributed by atoms with Crippen LogP contribution in [0.25, 0.3) is 16.9 Å². The average molecular weight is 457 g/mol. The number of nitrogens with zero attached hydrogens (tertiary/aromatic N) is 4. The van der Waals surface area contributed by atoms with Crippen LogP contribution in [0, 0.1) is 0 Å². The van der Waals surface area contributed by atoms with Gasteiger partial charge in [-0.1, -0.05) is 23.7 Å².